The van der Waals surface area contributed by atoms with E-state index in [2.05, 4.69) is 15.0 Å². The summed E-state index contributed by atoms with van der Waals surface area (Å²) in [6.07, 6.45) is 2.44. The van der Waals surface area contributed by atoms with Crippen LogP contribution in [0.4, 0.5) is 5.00 Å². The molecular formula is C11H15N3O3S. The van der Waals surface area contributed by atoms with Gasteiger partial charge in [0.1, 0.15) is 10.6 Å². The third kappa shape index (κ3) is 2.85. The van der Waals surface area contributed by atoms with Crippen molar-refractivity contribution in [3.63, 3.8) is 0 Å². The Bertz CT molecular complexity index is 466. The molecule has 1 atom stereocenters. The standard InChI is InChI=1S/C11H15N3O3S/c1-6-9(11(16)17)10(18-14-6)13-8(15)5-7-3-2-4-12-7/h7,12H,2-5H2,1H3,(H,13,15)(H,16,17). The van der Waals surface area contributed by atoms with Crippen molar-refractivity contribution in [1.29, 1.82) is 0 Å². The van der Waals surface area contributed by atoms with Crippen LogP contribution in [0.2, 0.25) is 0 Å². The summed E-state index contributed by atoms with van der Waals surface area (Å²) in [5.41, 5.74) is 0.523. The summed E-state index contributed by atoms with van der Waals surface area (Å²) < 4.78 is 3.95. The van der Waals surface area contributed by atoms with Crippen LogP contribution in [-0.2, 0) is 4.79 Å². The Morgan fingerprint density at radius 1 is 1.61 bits per heavy atom. The number of hydrogen-bond donors (Lipinski definition) is 3. The summed E-state index contributed by atoms with van der Waals surface area (Å²) in [7, 11) is 0. The maximum absolute atomic E-state index is 11.8. The van der Waals surface area contributed by atoms with E-state index in [0.29, 0.717) is 17.1 Å². The zero-order valence-corrected chi connectivity index (χ0v) is 10.8. The van der Waals surface area contributed by atoms with Gasteiger partial charge in [-0.1, -0.05) is 0 Å². The van der Waals surface area contributed by atoms with Crippen molar-refractivity contribution in [3.05, 3.63) is 11.3 Å². The molecule has 1 aliphatic heterocycles. The van der Waals surface area contributed by atoms with E-state index in [9.17, 15) is 9.59 Å². The predicted molar refractivity (Wildman–Crippen MR) is 68.1 cm³/mol. The lowest BCUT2D eigenvalue weighted by molar-refractivity contribution is -0.116. The summed E-state index contributed by atoms with van der Waals surface area (Å²) in [4.78, 5) is 22.8. The Labute approximate surface area is 109 Å². The highest BCUT2D eigenvalue weighted by Crippen LogP contribution is 2.24. The number of carboxylic acids is 1. The fourth-order valence-corrected chi connectivity index (χ4v) is 2.84. The lowest BCUT2D eigenvalue weighted by atomic mass is 10.1. The lowest BCUT2D eigenvalue weighted by Crippen LogP contribution is -2.27. The quantitative estimate of drug-likeness (QED) is 0.764. The molecule has 1 fully saturated rings. The van der Waals surface area contributed by atoms with Gasteiger partial charge in [0, 0.05) is 12.5 Å². The lowest BCUT2D eigenvalue weighted by Gasteiger charge is -2.09. The largest absolute Gasteiger partial charge is 0.478 e. The molecule has 0 radical (unpaired) electrons. The van der Waals surface area contributed by atoms with Gasteiger partial charge in [0.05, 0.1) is 5.69 Å². The second-order valence-electron chi connectivity index (χ2n) is 4.32. The van der Waals surface area contributed by atoms with Crippen LogP contribution in [-0.4, -0.2) is 33.9 Å². The number of carbonyl (C=O) groups is 2. The number of aryl methyl sites for hydroxylation is 1. The van der Waals surface area contributed by atoms with E-state index < -0.39 is 5.97 Å². The van der Waals surface area contributed by atoms with Gasteiger partial charge in [-0.25, -0.2) is 4.79 Å². The molecule has 0 saturated carbocycles. The van der Waals surface area contributed by atoms with E-state index in [1.165, 1.54) is 0 Å². The van der Waals surface area contributed by atoms with Crippen molar-refractivity contribution in [1.82, 2.24) is 9.69 Å². The molecule has 0 aliphatic carbocycles. The van der Waals surface area contributed by atoms with Gasteiger partial charge in [0.2, 0.25) is 5.91 Å². The molecular weight excluding hydrogens is 254 g/mol. The molecule has 6 nitrogen and oxygen atoms in total. The maximum Gasteiger partial charge on any atom is 0.340 e. The Hall–Kier alpha value is -1.47. The van der Waals surface area contributed by atoms with Crippen molar-refractivity contribution < 1.29 is 14.7 Å². The SMILES string of the molecule is Cc1nsc(NC(=O)CC2CCCN2)c1C(=O)O. The fourth-order valence-electron chi connectivity index (χ4n) is 2.04. The molecule has 2 rings (SSSR count). The molecule has 0 spiro atoms. The maximum atomic E-state index is 11.8. The zero-order chi connectivity index (χ0) is 13.1. The van der Waals surface area contributed by atoms with Crippen LogP contribution in [0.25, 0.3) is 0 Å². The number of carboxylic acid groups (broad SMARTS) is 1. The molecule has 1 aromatic heterocycles. The normalized spacial score (nSPS) is 18.8. The smallest absolute Gasteiger partial charge is 0.340 e. The van der Waals surface area contributed by atoms with E-state index in [0.717, 1.165) is 30.9 Å². The van der Waals surface area contributed by atoms with Crippen LogP contribution in [0.5, 0.6) is 0 Å². The summed E-state index contributed by atoms with van der Waals surface area (Å²) in [6, 6.07) is 0.201. The first-order valence-corrected chi connectivity index (χ1v) is 6.58. The average molecular weight is 269 g/mol. The Balaban J connectivity index is 2.00. The molecule has 18 heavy (non-hydrogen) atoms. The van der Waals surface area contributed by atoms with Gasteiger partial charge in [-0.15, -0.1) is 0 Å². The van der Waals surface area contributed by atoms with Crippen LogP contribution >= 0.6 is 11.5 Å². The minimum Gasteiger partial charge on any atom is -0.478 e. The summed E-state index contributed by atoms with van der Waals surface area (Å²) in [5.74, 6) is -1.23. The Kier molecular flexibility index (Phi) is 3.93. The van der Waals surface area contributed by atoms with Crippen molar-refractivity contribution in [2.45, 2.75) is 32.2 Å². The molecule has 1 aliphatic rings. The molecule has 0 bridgehead atoms. The van der Waals surface area contributed by atoms with Gasteiger partial charge in [0.15, 0.2) is 0 Å². The second kappa shape index (κ2) is 5.45. The van der Waals surface area contributed by atoms with Gasteiger partial charge < -0.3 is 15.7 Å². The highest BCUT2D eigenvalue weighted by Gasteiger charge is 2.22. The van der Waals surface area contributed by atoms with Crippen molar-refractivity contribution >= 4 is 28.4 Å². The first-order valence-electron chi connectivity index (χ1n) is 5.80. The number of amides is 1. The van der Waals surface area contributed by atoms with E-state index in [1.807, 2.05) is 0 Å². The Morgan fingerprint density at radius 2 is 2.39 bits per heavy atom. The zero-order valence-electron chi connectivity index (χ0n) is 10.0. The van der Waals surface area contributed by atoms with Crippen LogP contribution in [0.3, 0.4) is 0 Å². The second-order valence-corrected chi connectivity index (χ2v) is 5.10. The van der Waals surface area contributed by atoms with E-state index >= 15 is 0 Å². The summed E-state index contributed by atoms with van der Waals surface area (Å²) >= 11 is 1.01. The highest BCUT2D eigenvalue weighted by molar-refractivity contribution is 7.11. The predicted octanol–water partition coefficient (Wildman–Crippen LogP) is 1.23. The third-order valence-corrected chi connectivity index (χ3v) is 3.78. The van der Waals surface area contributed by atoms with Crippen molar-refractivity contribution in [3.8, 4) is 0 Å². The van der Waals surface area contributed by atoms with Gasteiger partial charge in [-0.3, -0.25) is 4.79 Å². The van der Waals surface area contributed by atoms with Gasteiger partial charge in [-0.2, -0.15) is 4.37 Å². The Morgan fingerprint density at radius 3 is 3.00 bits per heavy atom. The number of anilines is 1. The number of aromatic nitrogens is 1. The topological polar surface area (TPSA) is 91.3 Å². The minimum atomic E-state index is -1.06. The number of hydrogen-bond acceptors (Lipinski definition) is 5. The molecule has 2 heterocycles. The van der Waals surface area contributed by atoms with Gasteiger partial charge in [0.25, 0.3) is 0 Å². The highest BCUT2D eigenvalue weighted by atomic mass is 32.1. The van der Waals surface area contributed by atoms with Crippen molar-refractivity contribution in [2.24, 2.45) is 0 Å². The van der Waals surface area contributed by atoms with Crippen LogP contribution < -0.4 is 10.6 Å². The average Bonchev–Trinajstić information content (AvgIpc) is 2.88. The molecule has 7 heteroatoms. The fraction of sp³-hybridized carbons (Fsp3) is 0.545. The van der Waals surface area contributed by atoms with Crippen LogP contribution in [0.1, 0.15) is 35.3 Å². The van der Waals surface area contributed by atoms with Crippen molar-refractivity contribution in [2.75, 3.05) is 11.9 Å². The molecule has 1 aromatic rings. The number of carbonyl (C=O) groups excluding carboxylic acids is 1. The summed E-state index contributed by atoms with van der Waals surface area (Å²) in [5, 5.41) is 15.2. The molecule has 0 aromatic carbocycles. The first kappa shape index (κ1) is 13.0. The van der Waals surface area contributed by atoms with E-state index in [-0.39, 0.29) is 17.5 Å². The summed E-state index contributed by atoms with van der Waals surface area (Å²) in [6.45, 7) is 2.56. The number of aromatic carboxylic acids is 1. The van der Waals surface area contributed by atoms with Gasteiger partial charge in [-0.05, 0) is 37.8 Å². The number of nitrogens with one attached hydrogen (secondary N) is 2. The number of rotatable bonds is 4. The molecule has 1 unspecified atom stereocenters. The molecule has 3 N–H and O–H groups in total. The molecule has 1 saturated heterocycles. The number of nitrogens with zero attached hydrogens (tertiary/aromatic N) is 1. The van der Waals surface area contributed by atoms with E-state index in [1.54, 1.807) is 6.92 Å². The van der Waals surface area contributed by atoms with Crippen LogP contribution in [0.15, 0.2) is 0 Å². The third-order valence-electron chi connectivity index (χ3n) is 2.92. The molecule has 98 valence electrons. The molecule has 1 amide bonds. The van der Waals surface area contributed by atoms with Crippen LogP contribution in [0, 0.1) is 6.92 Å². The van der Waals surface area contributed by atoms with E-state index in [4.69, 9.17) is 5.11 Å². The minimum absolute atomic E-state index is 0.0905. The monoisotopic (exact) mass is 269 g/mol. The first-order chi connectivity index (χ1) is 8.58. The van der Waals surface area contributed by atoms with Gasteiger partial charge >= 0.3 is 5.97 Å².